The maximum Gasteiger partial charge on any atom is 0.0564 e. The summed E-state index contributed by atoms with van der Waals surface area (Å²) in [6.07, 6.45) is 2.98. The van der Waals surface area contributed by atoms with Crippen molar-refractivity contribution in [3.63, 3.8) is 0 Å². The summed E-state index contributed by atoms with van der Waals surface area (Å²) in [7, 11) is 0. The molecule has 1 fully saturated rings. The zero-order valence-corrected chi connectivity index (χ0v) is 14.4. The lowest BCUT2D eigenvalue weighted by Crippen LogP contribution is -2.37. The topological polar surface area (TPSA) is 35.5 Å². The van der Waals surface area contributed by atoms with E-state index in [2.05, 4.69) is 55.3 Å². The second kappa shape index (κ2) is 8.66. The fourth-order valence-electron chi connectivity index (χ4n) is 3.05. The van der Waals surface area contributed by atoms with Crippen molar-refractivity contribution in [3.8, 4) is 0 Å². The highest BCUT2D eigenvalue weighted by Crippen LogP contribution is 2.18. The molecule has 1 unspecified atom stereocenters. The molecular formula is C19H32N2O. The van der Waals surface area contributed by atoms with E-state index in [0.717, 1.165) is 39.0 Å². The number of nitrogens with zero attached hydrogens (tertiary/aromatic N) is 1. The van der Waals surface area contributed by atoms with Crippen LogP contribution in [0.3, 0.4) is 0 Å². The molecule has 0 spiro atoms. The Morgan fingerprint density at radius 3 is 2.27 bits per heavy atom. The van der Waals surface area contributed by atoms with Gasteiger partial charge in [0.2, 0.25) is 0 Å². The lowest BCUT2D eigenvalue weighted by molar-refractivity contribution is 0.0820. The van der Waals surface area contributed by atoms with Gasteiger partial charge in [0.1, 0.15) is 0 Å². The Hall–Kier alpha value is -0.900. The normalized spacial score (nSPS) is 18.8. The van der Waals surface area contributed by atoms with Gasteiger partial charge >= 0.3 is 0 Å². The quantitative estimate of drug-likeness (QED) is 0.759. The van der Waals surface area contributed by atoms with E-state index in [1.165, 1.54) is 17.5 Å². The molecule has 1 aromatic carbocycles. The van der Waals surface area contributed by atoms with E-state index in [1.807, 2.05) is 0 Å². The summed E-state index contributed by atoms with van der Waals surface area (Å²) in [6.45, 7) is 11.0. The van der Waals surface area contributed by atoms with Crippen LogP contribution < -0.4 is 5.32 Å². The molecule has 2 N–H and O–H groups in total. The first-order chi connectivity index (χ1) is 10.6. The van der Waals surface area contributed by atoms with E-state index in [1.54, 1.807) is 0 Å². The summed E-state index contributed by atoms with van der Waals surface area (Å²) < 4.78 is 0. The third-order valence-electron chi connectivity index (χ3n) is 4.76. The standard InChI is InChI=1S/C19H32N2O/c1-15(2)17-5-7-18(8-6-17)16(3)20-11-4-12-21-13-9-19(22)10-14-21/h5-8,15-16,19-20,22H,4,9-14H2,1-3H3. The van der Waals surface area contributed by atoms with E-state index >= 15 is 0 Å². The van der Waals surface area contributed by atoms with E-state index in [0.29, 0.717) is 12.0 Å². The number of hydrogen-bond acceptors (Lipinski definition) is 3. The van der Waals surface area contributed by atoms with Gasteiger partial charge < -0.3 is 15.3 Å². The summed E-state index contributed by atoms with van der Waals surface area (Å²) in [5.41, 5.74) is 2.77. The van der Waals surface area contributed by atoms with Gasteiger partial charge in [-0.1, -0.05) is 38.1 Å². The molecule has 22 heavy (non-hydrogen) atoms. The molecule has 0 bridgehead atoms. The minimum atomic E-state index is -0.0665. The van der Waals surface area contributed by atoms with E-state index < -0.39 is 0 Å². The third kappa shape index (κ3) is 5.38. The summed E-state index contributed by atoms with van der Waals surface area (Å²) in [6, 6.07) is 9.40. The molecule has 1 saturated heterocycles. The molecule has 3 nitrogen and oxygen atoms in total. The van der Waals surface area contributed by atoms with Crippen molar-refractivity contribution in [3.05, 3.63) is 35.4 Å². The molecule has 1 atom stereocenters. The fourth-order valence-corrected chi connectivity index (χ4v) is 3.05. The smallest absolute Gasteiger partial charge is 0.0564 e. The Kier molecular flexibility index (Phi) is 6.87. The van der Waals surface area contributed by atoms with Crippen LogP contribution in [0.5, 0.6) is 0 Å². The molecule has 1 aliphatic heterocycles. The fraction of sp³-hybridized carbons (Fsp3) is 0.684. The van der Waals surface area contributed by atoms with E-state index in [9.17, 15) is 5.11 Å². The van der Waals surface area contributed by atoms with Crippen LogP contribution in [0, 0.1) is 0 Å². The molecule has 2 rings (SSSR count). The van der Waals surface area contributed by atoms with Crippen LogP contribution in [0.4, 0.5) is 0 Å². The van der Waals surface area contributed by atoms with Gasteiger partial charge in [-0.25, -0.2) is 0 Å². The van der Waals surface area contributed by atoms with Crippen LogP contribution in [0.15, 0.2) is 24.3 Å². The average Bonchev–Trinajstić information content (AvgIpc) is 2.53. The predicted octanol–water partition coefficient (Wildman–Crippen LogP) is 3.31. The number of rotatable bonds is 7. The number of piperidine rings is 1. The van der Waals surface area contributed by atoms with Crippen molar-refractivity contribution in [2.75, 3.05) is 26.2 Å². The molecule has 1 aliphatic rings. The largest absolute Gasteiger partial charge is 0.393 e. The van der Waals surface area contributed by atoms with Crippen molar-refractivity contribution in [2.24, 2.45) is 0 Å². The van der Waals surface area contributed by atoms with Crippen molar-refractivity contribution >= 4 is 0 Å². The second-order valence-electron chi connectivity index (χ2n) is 6.92. The minimum absolute atomic E-state index is 0.0665. The Morgan fingerprint density at radius 2 is 1.68 bits per heavy atom. The first-order valence-corrected chi connectivity index (χ1v) is 8.80. The number of aliphatic hydroxyl groups is 1. The highest BCUT2D eigenvalue weighted by atomic mass is 16.3. The van der Waals surface area contributed by atoms with Crippen LogP contribution in [0.1, 0.15) is 63.1 Å². The summed E-state index contributed by atoms with van der Waals surface area (Å²) in [5.74, 6) is 0.598. The SMILES string of the molecule is CC(C)c1ccc(C(C)NCCCN2CCC(O)CC2)cc1. The Morgan fingerprint density at radius 1 is 1.09 bits per heavy atom. The molecule has 1 heterocycles. The van der Waals surface area contributed by atoms with Crippen LogP contribution in [-0.2, 0) is 0 Å². The van der Waals surface area contributed by atoms with Crippen molar-refractivity contribution in [1.82, 2.24) is 10.2 Å². The first kappa shape index (κ1) is 17.5. The Balaban J connectivity index is 1.66. The molecule has 0 radical (unpaired) electrons. The van der Waals surface area contributed by atoms with Gasteiger partial charge in [0, 0.05) is 19.1 Å². The molecule has 0 aromatic heterocycles. The molecule has 0 amide bonds. The zero-order chi connectivity index (χ0) is 15.9. The van der Waals surface area contributed by atoms with Gasteiger partial charge in [0.15, 0.2) is 0 Å². The summed E-state index contributed by atoms with van der Waals surface area (Å²) in [5, 5.41) is 13.1. The number of hydrogen-bond donors (Lipinski definition) is 2. The molecule has 0 aliphatic carbocycles. The predicted molar refractivity (Wildman–Crippen MR) is 93.2 cm³/mol. The molecule has 3 heteroatoms. The number of nitrogens with one attached hydrogen (secondary N) is 1. The second-order valence-corrected chi connectivity index (χ2v) is 6.92. The van der Waals surface area contributed by atoms with Crippen molar-refractivity contribution in [2.45, 2.75) is 58.1 Å². The van der Waals surface area contributed by atoms with E-state index in [-0.39, 0.29) is 6.10 Å². The van der Waals surface area contributed by atoms with Gasteiger partial charge in [-0.15, -0.1) is 0 Å². The monoisotopic (exact) mass is 304 g/mol. The lowest BCUT2D eigenvalue weighted by atomic mass is 9.99. The zero-order valence-electron chi connectivity index (χ0n) is 14.4. The van der Waals surface area contributed by atoms with Gasteiger partial charge in [-0.05, 0) is 56.3 Å². The number of aliphatic hydroxyl groups excluding tert-OH is 1. The number of benzene rings is 1. The van der Waals surface area contributed by atoms with Crippen molar-refractivity contribution in [1.29, 1.82) is 0 Å². The van der Waals surface area contributed by atoms with Crippen molar-refractivity contribution < 1.29 is 5.11 Å². The minimum Gasteiger partial charge on any atom is -0.393 e. The van der Waals surface area contributed by atoms with Crippen LogP contribution in [0.25, 0.3) is 0 Å². The molecular weight excluding hydrogens is 272 g/mol. The third-order valence-corrected chi connectivity index (χ3v) is 4.76. The van der Waals surface area contributed by atoms with Gasteiger partial charge in [0.25, 0.3) is 0 Å². The average molecular weight is 304 g/mol. The lowest BCUT2D eigenvalue weighted by Gasteiger charge is -2.29. The van der Waals surface area contributed by atoms with Gasteiger partial charge in [-0.3, -0.25) is 0 Å². The highest BCUT2D eigenvalue weighted by Gasteiger charge is 2.16. The van der Waals surface area contributed by atoms with Gasteiger partial charge in [-0.2, -0.15) is 0 Å². The molecule has 0 saturated carbocycles. The first-order valence-electron chi connectivity index (χ1n) is 8.80. The van der Waals surface area contributed by atoms with Gasteiger partial charge in [0.05, 0.1) is 6.10 Å². The van der Waals surface area contributed by atoms with Crippen LogP contribution in [0.2, 0.25) is 0 Å². The molecule has 124 valence electrons. The molecule has 1 aromatic rings. The Bertz CT molecular complexity index is 422. The highest BCUT2D eigenvalue weighted by molar-refractivity contribution is 5.26. The Labute approximate surface area is 135 Å². The number of likely N-dealkylation sites (tertiary alicyclic amines) is 1. The van der Waals surface area contributed by atoms with Crippen LogP contribution >= 0.6 is 0 Å². The van der Waals surface area contributed by atoms with Crippen LogP contribution in [-0.4, -0.2) is 42.3 Å². The summed E-state index contributed by atoms with van der Waals surface area (Å²) >= 11 is 0. The van der Waals surface area contributed by atoms with E-state index in [4.69, 9.17) is 0 Å². The maximum absolute atomic E-state index is 9.51. The summed E-state index contributed by atoms with van der Waals surface area (Å²) in [4.78, 5) is 2.47. The maximum atomic E-state index is 9.51.